The minimum Gasteiger partial charge on any atom is -0.466 e. The van der Waals surface area contributed by atoms with Gasteiger partial charge in [0.2, 0.25) is 5.91 Å². The minimum atomic E-state index is -0.842. The third-order valence-electron chi connectivity index (χ3n) is 16.0. The van der Waals surface area contributed by atoms with Gasteiger partial charge in [-0.1, -0.05) is 319 Å². The lowest BCUT2D eigenvalue weighted by Gasteiger charge is -2.20. The van der Waals surface area contributed by atoms with E-state index in [0.29, 0.717) is 19.4 Å². The third kappa shape index (κ3) is 64.6. The summed E-state index contributed by atoms with van der Waals surface area (Å²) in [6.07, 6.45) is 90.2. The van der Waals surface area contributed by atoms with Gasteiger partial charge in [-0.2, -0.15) is 0 Å². The molecule has 2 unspecified atom stereocenters. The Hall–Kier alpha value is -2.44. The molecule has 79 heavy (non-hydrogen) atoms. The Labute approximate surface area is 492 Å². The number of ether oxygens (including phenoxy) is 1. The lowest BCUT2D eigenvalue weighted by atomic mass is 10.0. The lowest BCUT2D eigenvalue weighted by molar-refractivity contribution is -0.143. The highest BCUT2D eigenvalue weighted by Gasteiger charge is 2.18. The molecule has 0 aliphatic carbocycles. The number of hydrogen-bond donors (Lipinski definition) is 3. The molecular formula is C73H135NO5. The summed E-state index contributed by atoms with van der Waals surface area (Å²) in [6.45, 7) is 4.88. The van der Waals surface area contributed by atoms with Crippen LogP contribution in [-0.2, 0) is 14.3 Å². The zero-order valence-electron chi connectivity index (χ0n) is 52.9. The monoisotopic (exact) mass is 1110 g/mol. The van der Waals surface area contributed by atoms with Crippen LogP contribution in [0.2, 0.25) is 0 Å². The zero-order valence-corrected chi connectivity index (χ0v) is 52.9. The topological polar surface area (TPSA) is 95.9 Å². The quantitative estimate of drug-likeness (QED) is 0.0320. The first-order chi connectivity index (χ1) is 39.0. The fourth-order valence-corrected chi connectivity index (χ4v) is 10.6. The van der Waals surface area contributed by atoms with Crippen LogP contribution < -0.4 is 5.32 Å². The van der Waals surface area contributed by atoms with Gasteiger partial charge >= 0.3 is 5.97 Å². The highest BCUT2D eigenvalue weighted by molar-refractivity contribution is 5.76. The summed E-state index contributed by atoms with van der Waals surface area (Å²) in [4.78, 5) is 24.5. The van der Waals surface area contributed by atoms with Gasteiger partial charge in [-0.3, -0.25) is 9.59 Å². The fraction of sp³-hybridized carbons (Fsp3) is 0.836. The van der Waals surface area contributed by atoms with E-state index in [1.165, 1.54) is 283 Å². The van der Waals surface area contributed by atoms with E-state index in [0.717, 1.165) is 57.8 Å². The number of allylic oxidation sites excluding steroid dienone is 9. The molecule has 462 valence electrons. The van der Waals surface area contributed by atoms with E-state index in [2.05, 4.69) is 67.8 Å². The molecule has 0 heterocycles. The molecule has 1 amide bonds. The van der Waals surface area contributed by atoms with Crippen LogP contribution in [0.1, 0.15) is 367 Å². The van der Waals surface area contributed by atoms with Crippen molar-refractivity contribution in [3.63, 3.8) is 0 Å². The van der Waals surface area contributed by atoms with Crippen molar-refractivity contribution >= 4 is 11.9 Å². The van der Waals surface area contributed by atoms with Gasteiger partial charge < -0.3 is 20.3 Å². The molecule has 0 fully saturated rings. The molecule has 0 spiro atoms. The maximum atomic E-state index is 12.4. The van der Waals surface area contributed by atoms with E-state index < -0.39 is 12.1 Å². The molecule has 0 rings (SSSR count). The van der Waals surface area contributed by atoms with E-state index in [1.54, 1.807) is 6.08 Å². The molecule has 0 bridgehead atoms. The van der Waals surface area contributed by atoms with Crippen molar-refractivity contribution in [3.05, 3.63) is 60.8 Å². The third-order valence-corrected chi connectivity index (χ3v) is 16.0. The van der Waals surface area contributed by atoms with Gasteiger partial charge in [-0.25, -0.2) is 0 Å². The molecule has 0 aromatic carbocycles. The maximum Gasteiger partial charge on any atom is 0.305 e. The Balaban J connectivity index is 3.38. The molecular weight excluding hydrogens is 971 g/mol. The van der Waals surface area contributed by atoms with Gasteiger partial charge in [0.15, 0.2) is 0 Å². The highest BCUT2D eigenvalue weighted by atomic mass is 16.5. The largest absolute Gasteiger partial charge is 0.466 e. The Morgan fingerprint density at radius 1 is 0.354 bits per heavy atom. The maximum absolute atomic E-state index is 12.4. The summed E-state index contributed by atoms with van der Waals surface area (Å²) in [5, 5.41) is 23.1. The van der Waals surface area contributed by atoms with Crippen LogP contribution in [0.5, 0.6) is 0 Å². The van der Waals surface area contributed by atoms with Crippen LogP contribution in [0.15, 0.2) is 60.8 Å². The second-order valence-electron chi connectivity index (χ2n) is 23.9. The molecule has 6 nitrogen and oxygen atoms in total. The summed E-state index contributed by atoms with van der Waals surface area (Å²) < 4.78 is 5.50. The smallest absolute Gasteiger partial charge is 0.305 e. The number of carbonyl (C=O) groups excluding carboxylic acids is 2. The highest BCUT2D eigenvalue weighted by Crippen LogP contribution is 2.17. The summed E-state index contributed by atoms with van der Waals surface area (Å²) in [7, 11) is 0. The van der Waals surface area contributed by atoms with Gasteiger partial charge in [0.05, 0.1) is 25.4 Å². The molecule has 0 aliphatic heterocycles. The van der Waals surface area contributed by atoms with E-state index in [9.17, 15) is 19.8 Å². The van der Waals surface area contributed by atoms with E-state index in [4.69, 9.17) is 4.74 Å². The molecule has 0 saturated heterocycles. The van der Waals surface area contributed by atoms with Crippen LogP contribution in [0, 0.1) is 0 Å². The van der Waals surface area contributed by atoms with Gasteiger partial charge in [0, 0.05) is 12.8 Å². The number of hydrogen-bond acceptors (Lipinski definition) is 5. The first-order valence-corrected chi connectivity index (χ1v) is 35.1. The van der Waals surface area contributed by atoms with Crippen LogP contribution in [-0.4, -0.2) is 47.4 Å². The van der Waals surface area contributed by atoms with Gasteiger partial charge in [0.1, 0.15) is 0 Å². The van der Waals surface area contributed by atoms with Crippen molar-refractivity contribution in [2.75, 3.05) is 13.2 Å². The summed E-state index contributed by atoms with van der Waals surface area (Å²) in [5.41, 5.74) is 0. The normalized spacial score (nSPS) is 12.9. The van der Waals surface area contributed by atoms with Crippen molar-refractivity contribution in [2.45, 2.75) is 379 Å². The van der Waals surface area contributed by atoms with Crippen LogP contribution >= 0.6 is 0 Å². The Morgan fingerprint density at radius 3 is 0.975 bits per heavy atom. The van der Waals surface area contributed by atoms with Crippen molar-refractivity contribution in [2.24, 2.45) is 0 Å². The van der Waals surface area contributed by atoms with Crippen LogP contribution in [0.25, 0.3) is 0 Å². The standard InChI is InChI=1S/C73H135NO5/c1-3-5-7-9-11-13-15-16-17-18-37-40-43-47-51-55-59-63-67-73(78)79-68-64-60-56-52-48-44-41-38-35-33-31-29-27-25-23-21-19-20-22-24-26-28-30-32-34-36-39-42-46-50-54-58-62-66-72(77)74-70(69-75)71(76)65-61-57-53-49-45-14-12-10-8-6-4-2/h13,15,17-18,23,25,29,31,61,65,70-71,75-76H,3-12,14,16,19-22,24,26-28,30,32-60,62-64,66-69H2,1-2H3,(H,74,77)/b15-13-,18-17-,25-23-,31-29-,65-61+. The zero-order chi connectivity index (χ0) is 57.1. The van der Waals surface area contributed by atoms with Crippen molar-refractivity contribution in [1.82, 2.24) is 5.32 Å². The van der Waals surface area contributed by atoms with Crippen molar-refractivity contribution in [3.8, 4) is 0 Å². The number of aliphatic hydroxyl groups is 2. The summed E-state index contributed by atoms with van der Waals surface area (Å²) in [6, 6.07) is -0.626. The number of nitrogens with one attached hydrogen (secondary N) is 1. The molecule has 0 aliphatic rings. The van der Waals surface area contributed by atoms with Crippen LogP contribution in [0.4, 0.5) is 0 Å². The van der Waals surface area contributed by atoms with Crippen molar-refractivity contribution in [1.29, 1.82) is 0 Å². The molecule has 0 saturated carbocycles. The van der Waals surface area contributed by atoms with Gasteiger partial charge in [0.25, 0.3) is 0 Å². The second kappa shape index (κ2) is 68.1. The Bertz CT molecular complexity index is 1370. The van der Waals surface area contributed by atoms with Crippen LogP contribution in [0.3, 0.4) is 0 Å². The number of aliphatic hydroxyl groups excluding tert-OH is 2. The predicted molar refractivity (Wildman–Crippen MR) is 347 cm³/mol. The number of rotatable bonds is 65. The second-order valence-corrected chi connectivity index (χ2v) is 23.9. The SMILES string of the molecule is CCCCCC/C=C\C/C=C\CCCCCCCCCC(=O)OCCCCCCCCCCC/C=C\C/C=C\CCCCCCCCCCCCCCCCCCCC(=O)NC(CO)C(O)/C=C/CCCCCCCCCCC. The number of esters is 1. The first kappa shape index (κ1) is 76.6. The fourth-order valence-electron chi connectivity index (χ4n) is 10.6. The Morgan fingerprint density at radius 2 is 0.633 bits per heavy atom. The number of unbranched alkanes of at least 4 members (excludes halogenated alkanes) is 46. The lowest BCUT2D eigenvalue weighted by Crippen LogP contribution is -2.45. The molecule has 0 radical (unpaired) electrons. The van der Waals surface area contributed by atoms with Crippen molar-refractivity contribution < 1.29 is 24.5 Å². The number of amides is 1. The first-order valence-electron chi connectivity index (χ1n) is 35.1. The van der Waals surface area contributed by atoms with E-state index >= 15 is 0 Å². The molecule has 0 aromatic heterocycles. The molecule has 6 heteroatoms. The van der Waals surface area contributed by atoms with Gasteiger partial charge in [-0.15, -0.1) is 0 Å². The minimum absolute atomic E-state index is 0.00633. The Kier molecular flexibility index (Phi) is 66.0. The van der Waals surface area contributed by atoms with Gasteiger partial charge in [-0.05, 0) is 96.3 Å². The average molecular weight is 1110 g/mol. The number of carbonyl (C=O) groups is 2. The summed E-state index contributed by atoms with van der Waals surface area (Å²) in [5.74, 6) is -0.0605. The average Bonchev–Trinajstić information content (AvgIpc) is 3.45. The molecule has 2 atom stereocenters. The molecule has 3 N–H and O–H groups in total. The van der Waals surface area contributed by atoms with E-state index in [-0.39, 0.29) is 18.5 Å². The van der Waals surface area contributed by atoms with E-state index in [1.807, 2.05) is 6.08 Å². The summed E-state index contributed by atoms with van der Waals surface area (Å²) >= 11 is 0. The molecule has 0 aromatic rings. The predicted octanol–water partition coefficient (Wildman–Crippen LogP) is 22.6.